The molecule has 0 saturated carbocycles. The highest BCUT2D eigenvalue weighted by Crippen LogP contribution is 2.25. The highest BCUT2D eigenvalue weighted by atomic mass is 127. The van der Waals surface area contributed by atoms with Gasteiger partial charge in [0, 0.05) is 18.0 Å². The Morgan fingerprint density at radius 2 is 2.28 bits per heavy atom. The van der Waals surface area contributed by atoms with Crippen LogP contribution in [-0.2, 0) is 6.61 Å². The van der Waals surface area contributed by atoms with Crippen molar-refractivity contribution < 1.29 is 4.74 Å². The predicted molar refractivity (Wildman–Crippen MR) is 82.9 cm³/mol. The van der Waals surface area contributed by atoms with E-state index in [0.717, 1.165) is 20.5 Å². The van der Waals surface area contributed by atoms with E-state index < -0.39 is 0 Å². The number of aromatic nitrogens is 1. The molecule has 0 unspecified atom stereocenters. The molecule has 1 aromatic carbocycles. The van der Waals surface area contributed by atoms with E-state index in [1.807, 2.05) is 24.6 Å². The Bertz CT molecular complexity index is 542. The number of nitrogens with two attached hydrogens (primary N) is 1. The molecule has 1 heterocycles. The summed E-state index contributed by atoms with van der Waals surface area (Å²) >= 11 is 3.67. The van der Waals surface area contributed by atoms with Crippen LogP contribution in [0.2, 0.25) is 0 Å². The molecule has 0 amide bonds. The molecule has 0 spiro atoms. The molecule has 2 rings (SSSR count). The first-order valence-electron chi connectivity index (χ1n) is 5.38. The molecule has 0 radical (unpaired) electrons. The van der Waals surface area contributed by atoms with Gasteiger partial charge in [-0.3, -0.25) is 0 Å². The normalized spacial score (nSPS) is 10.4. The van der Waals surface area contributed by atoms with Crippen LogP contribution in [0.4, 0.5) is 5.69 Å². The Kier molecular flexibility index (Phi) is 4.41. The zero-order valence-electron chi connectivity index (χ0n) is 10.2. The number of nitrogens with zero attached hydrogens (tertiary/aromatic N) is 2. The largest absolute Gasteiger partial charge is 0.465 e. The molecular formula is C12H14IN3OS. The molecule has 1 aromatic heterocycles. The standard InChI is InChI=1S/C12H14IN3OS/c1-8-4-3-5-10(16(2)14)9(8)6-17-12-15-11(13)7-18-12/h3-5,7H,6,14H2,1-2H3. The van der Waals surface area contributed by atoms with E-state index in [0.29, 0.717) is 11.8 Å². The van der Waals surface area contributed by atoms with Crippen molar-refractivity contribution in [2.45, 2.75) is 13.5 Å². The summed E-state index contributed by atoms with van der Waals surface area (Å²) in [6, 6.07) is 6.03. The van der Waals surface area contributed by atoms with Crippen LogP contribution in [0.25, 0.3) is 0 Å². The summed E-state index contributed by atoms with van der Waals surface area (Å²) < 4.78 is 6.66. The fraction of sp³-hybridized carbons (Fsp3) is 0.250. The topological polar surface area (TPSA) is 51.4 Å². The second-order valence-corrected chi connectivity index (χ2v) is 5.83. The summed E-state index contributed by atoms with van der Waals surface area (Å²) in [7, 11) is 1.82. The van der Waals surface area contributed by atoms with Gasteiger partial charge in [-0.25, -0.2) is 5.84 Å². The number of aryl methyl sites for hydroxylation is 1. The summed E-state index contributed by atoms with van der Waals surface area (Å²) in [5.41, 5.74) is 3.23. The maximum absolute atomic E-state index is 5.82. The average molecular weight is 375 g/mol. The van der Waals surface area contributed by atoms with Crippen molar-refractivity contribution in [3.05, 3.63) is 38.4 Å². The van der Waals surface area contributed by atoms with E-state index in [1.54, 1.807) is 5.01 Å². The molecular weight excluding hydrogens is 361 g/mol. The van der Waals surface area contributed by atoms with Crippen molar-refractivity contribution in [2.75, 3.05) is 12.1 Å². The SMILES string of the molecule is Cc1cccc(N(C)N)c1COc1nc(I)cs1. The van der Waals surface area contributed by atoms with Gasteiger partial charge in [-0.1, -0.05) is 23.5 Å². The number of benzene rings is 1. The van der Waals surface area contributed by atoms with Crippen molar-refractivity contribution >= 4 is 39.6 Å². The Morgan fingerprint density at radius 1 is 1.50 bits per heavy atom. The summed E-state index contributed by atoms with van der Waals surface area (Å²) in [5.74, 6) is 5.82. The molecule has 0 saturated heterocycles. The summed E-state index contributed by atoms with van der Waals surface area (Å²) in [4.78, 5) is 4.27. The third-order valence-electron chi connectivity index (χ3n) is 2.56. The first-order chi connectivity index (χ1) is 8.58. The van der Waals surface area contributed by atoms with Gasteiger partial charge >= 0.3 is 0 Å². The molecule has 0 fully saturated rings. The van der Waals surface area contributed by atoms with E-state index in [-0.39, 0.29) is 0 Å². The maximum Gasteiger partial charge on any atom is 0.274 e. The molecule has 0 aliphatic rings. The van der Waals surface area contributed by atoms with Crippen LogP contribution in [0, 0.1) is 10.6 Å². The zero-order valence-corrected chi connectivity index (χ0v) is 13.2. The van der Waals surface area contributed by atoms with E-state index in [9.17, 15) is 0 Å². The van der Waals surface area contributed by atoms with Crippen molar-refractivity contribution in [3.63, 3.8) is 0 Å². The number of anilines is 1. The van der Waals surface area contributed by atoms with Crippen molar-refractivity contribution in [1.29, 1.82) is 0 Å². The molecule has 0 atom stereocenters. The van der Waals surface area contributed by atoms with Crippen LogP contribution < -0.4 is 15.6 Å². The molecule has 18 heavy (non-hydrogen) atoms. The number of rotatable bonds is 4. The van der Waals surface area contributed by atoms with Gasteiger partial charge in [0.15, 0.2) is 0 Å². The average Bonchev–Trinajstić information content (AvgIpc) is 2.73. The van der Waals surface area contributed by atoms with Gasteiger partial charge in [-0.15, -0.1) is 0 Å². The quantitative estimate of drug-likeness (QED) is 0.507. The smallest absolute Gasteiger partial charge is 0.274 e. The Labute approximate surface area is 124 Å². The highest BCUT2D eigenvalue weighted by molar-refractivity contribution is 14.1. The van der Waals surface area contributed by atoms with Gasteiger partial charge in [0.05, 0.1) is 5.69 Å². The van der Waals surface area contributed by atoms with Gasteiger partial charge in [0.1, 0.15) is 10.3 Å². The molecule has 4 nitrogen and oxygen atoms in total. The second-order valence-electron chi connectivity index (χ2n) is 3.91. The molecule has 2 N–H and O–H groups in total. The van der Waals surface area contributed by atoms with E-state index >= 15 is 0 Å². The van der Waals surface area contributed by atoms with Gasteiger partial charge < -0.3 is 9.75 Å². The number of ether oxygens (including phenoxy) is 1. The van der Waals surface area contributed by atoms with E-state index in [2.05, 4.69) is 40.6 Å². The first kappa shape index (κ1) is 13.6. The molecule has 0 aliphatic carbocycles. The van der Waals surface area contributed by atoms with Crippen LogP contribution in [0.5, 0.6) is 5.19 Å². The Balaban J connectivity index is 2.18. The lowest BCUT2D eigenvalue weighted by Crippen LogP contribution is -2.26. The molecule has 2 aromatic rings. The minimum atomic E-state index is 0.479. The number of hydrogen-bond acceptors (Lipinski definition) is 5. The first-order valence-corrected chi connectivity index (χ1v) is 7.34. The van der Waals surface area contributed by atoms with E-state index in [1.165, 1.54) is 11.3 Å². The molecule has 0 aliphatic heterocycles. The lowest BCUT2D eigenvalue weighted by atomic mass is 10.1. The van der Waals surface area contributed by atoms with Crippen LogP contribution in [0.15, 0.2) is 23.6 Å². The summed E-state index contributed by atoms with van der Waals surface area (Å²) in [6.07, 6.45) is 0. The van der Waals surface area contributed by atoms with Gasteiger partial charge in [-0.2, -0.15) is 4.98 Å². The second kappa shape index (κ2) is 5.85. The molecule has 6 heteroatoms. The maximum atomic E-state index is 5.82. The Morgan fingerprint density at radius 3 is 2.89 bits per heavy atom. The predicted octanol–water partition coefficient (Wildman–Crippen LogP) is 2.95. The summed E-state index contributed by atoms with van der Waals surface area (Å²) in [5, 5.41) is 4.26. The van der Waals surface area contributed by atoms with Gasteiger partial charge in [0.25, 0.3) is 5.19 Å². The minimum absolute atomic E-state index is 0.479. The molecule has 96 valence electrons. The van der Waals surface area contributed by atoms with Crippen LogP contribution in [0.1, 0.15) is 11.1 Å². The fourth-order valence-electron chi connectivity index (χ4n) is 1.64. The van der Waals surface area contributed by atoms with Crippen LogP contribution in [0.3, 0.4) is 0 Å². The highest BCUT2D eigenvalue weighted by Gasteiger charge is 2.09. The van der Waals surface area contributed by atoms with Gasteiger partial charge in [-0.05, 0) is 41.1 Å². The Hall–Kier alpha value is -0.860. The third-order valence-corrected chi connectivity index (χ3v) is 4.29. The number of halogens is 1. The van der Waals surface area contributed by atoms with Crippen molar-refractivity contribution in [3.8, 4) is 5.19 Å². The van der Waals surface area contributed by atoms with Crippen LogP contribution in [-0.4, -0.2) is 12.0 Å². The lowest BCUT2D eigenvalue weighted by molar-refractivity contribution is 0.303. The molecule has 0 bridgehead atoms. The lowest BCUT2D eigenvalue weighted by Gasteiger charge is -2.18. The monoisotopic (exact) mass is 375 g/mol. The van der Waals surface area contributed by atoms with E-state index in [4.69, 9.17) is 10.6 Å². The number of thiazole rings is 1. The zero-order chi connectivity index (χ0) is 13.1. The minimum Gasteiger partial charge on any atom is -0.465 e. The fourth-order valence-corrected chi connectivity index (χ4v) is 2.94. The number of hydrazine groups is 1. The van der Waals surface area contributed by atoms with Crippen LogP contribution >= 0.6 is 33.9 Å². The van der Waals surface area contributed by atoms with Gasteiger partial charge in [0.2, 0.25) is 0 Å². The summed E-state index contributed by atoms with van der Waals surface area (Å²) in [6.45, 7) is 2.53. The van der Waals surface area contributed by atoms with Crippen molar-refractivity contribution in [2.24, 2.45) is 5.84 Å². The third kappa shape index (κ3) is 3.12. The van der Waals surface area contributed by atoms with Crippen molar-refractivity contribution in [1.82, 2.24) is 4.98 Å². The number of hydrogen-bond donors (Lipinski definition) is 1.